The molecule has 88 valence electrons. The summed E-state index contributed by atoms with van der Waals surface area (Å²) in [6, 6.07) is -0.256. The first-order valence-electron chi connectivity index (χ1n) is 4.87. The molecule has 1 rings (SSSR count). The van der Waals surface area contributed by atoms with Crippen molar-refractivity contribution in [1.29, 1.82) is 0 Å². The van der Waals surface area contributed by atoms with E-state index in [4.69, 9.17) is 5.11 Å². The van der Waals surface area contributed by atoms with Crippen LogP contribution in [0, 0.1) is 12.8 Å². The summed E-state index contributed by atoms with van der Waals surface area (Å²) in [6.07, 6.45) is 0. The third-order valence-electron chi connectivity index (χ3n) is 2.13. The van der Waals surface area contributed by atoms with Gasteiger partial charge in [0, 0.05) is 11.1 Å². The molecule has 0 aliphatic rings. The number of nitrogens with zero attached hydrogens (tertiary/aromatic N) is 1. The Labute approximate surface area is 97.5 Å². The number of aliphatic carboxylic acids is 1. The monoisotopic (exact) mass is 242 g/mol. The summed E-state index contributed by atoms with van der Waals surface area (Å²) in [5.41, 5.74) is 0.896. The van der Waals surface area contributed by atoms with Gasteiger partial charge in [-0.1, -0.05) is 0 Å². The topological polar surface area (TPSA) is 79.3 Å². The highest BCUT2D eigenvalue weighted by Crippen LogP contribution is 2.17. The number of carbonyl (C=O) groups is 2. The van der Waals surface area contributed by atoms with Crippen LogP contribution in [0.15, 0.2) is 5.38 Å². The largest absolute Gasteiger partial charge is 0.481 e. The van der Waals surface area contributed by atoms with E-state index in [2.05, 4.69) is 10.3 Å². The van der Waals surface area contributed by atoms with Crippen molar-refractivity contribution in [2.45, 2.75) is 26.8 Å². The number of thiazole rings is 1. The summed E-state index contributed by atoms with van der Waals surface area (Å²) < 4.78 is 0. The van der Waals surface area contributed by atoms with Crippen LogP contribution in [-0.2, 0) is 9.59 Å². The second-order valence-corrected chi connectivity index (χ2v) is 4.51. The highest BCUT2D eigenvalue weighted by atomic mass is 32.1. The Balaban J connectivity index is 2.61. The van der Waals surface area contributed by atoms with E-state index in [1.54, 1.807) is 6.92 Å². The summed E-state index contributed by atoms with van der Waals surface area (Å²) in [7, 11) is 0. The maximum atomic E-state index is 11.5. The van der Waals surface area contributed by atoms with Crippen LogP contribution in [0.25, 0.3) is 0 Å². The molecule has 0 saturated heterocycles. The van der Waals surface area contributed by atoms with Gasteiger partial charge in [-0.05, 0) is 20.8 Å². The first kappa shape index (κ1) is 12.6. The minimum Gasteiger partial charge on any atom is -0.481 e. The van der Waals surface area contributed by atoms with E-state index in [1.807, 2.05) is 12.3 Å². The average molecular weight is 242 g/mol. The lowest BCUT2D eigenvalue weighted by molar-refractivity contribution is -0.146. The van der Waals surface area contributed by atoms with Crippen LogP contribution in [0.1, 0.15) is 30.6 Å². The normalized spacial score (nSPS) is 14.2. The van der Waals surface area contributed by atoms with E-state index in [9.17, 15) is 9.59 Å². The molecular formula is C10H14N2O3S. The first-order chi connectivity index (χ1) is 7.41. The number of rotatable bonds is 4. The molecule has 0 fully saturated rings. The van der Waals surface area contributed by atoms with Crippen LogP contribution in [0.3, 0.4) is 0 Å². The predicted molar refractivity (Wildman–Crippen MR) is 60.2 cm³/mol. The van der Waals surface area contributed by atoms with Crippen LogP contribution in [0.4, 0.5) is 0 Å². The number of aryl methyl sites for hydroxylation is 1. The number of carboxylic acids is 1. The molecule has 0 saturated carbocycles. The molecule has 0 bridgehead atoms. The maximum absolute atomic E-state index is 11.5. The van der Waals surface area contributed by atoms with E-state index in [1.165, 1.54) is 18.3 Å². The van der Waals surface area contributed by atoms with Crippen molar-refractivity contribution in [3.05, 3.63) is 16.1 Å². The van der Waals surface area contributed by atoms with Gasteiger partial charge >= 0.3 is 5.97 Å². The van der Waals surface area contributed by atoms with E-state index in [-0.39, 0.29) is 6.04 Å². The van der Waals surface area contributed by atoms with Crippen molar-refractivity contribution >= 4 is 23.2 Å². The van der Waals surface area contributed by atoms with Crippen LogP contribution in [0.2, 0.25) is 0 Å². The van der Waals surface area contributed by atoms with Gasteiger partial charge in [-0.15, -0.1) is 11.3 Å². The van der Waals surface area contributed by atoms with Crippen LogP contribution in [-0.4, -0.2) is 22.0 Å². The standard InChI is InChI=1S/C10H14N2O3S/c1-5-4-16-9(11-5)7(3)12-8(13)6(2)10(14)15/h4,6-7H,1-3H3,(H,12,13)(H,14,15). The highest BCUT2D eigenvalue weighted by molar-refractivity contribution is 7.09. The molecule has 0 radical (unpaired) electrons. The Morgan fingerprint density at radius 1 is 1.50 bits per heavy atom. The minimum absolute atomic E-state index is 0.256. The molecule has 6 heteroatoms. The molecular weight excluding hydrogens is 228 g/mol. The first-order valence-corrected chi connectivity index (χ1v) is 5.75. The quantitative estimate of drug-likeness (QED) is 0.781. The second kappa shape index (κ2) is 5.07. The van der Waals surface area contributed by atoms with Crippen molar-refractivity contribution < 1.29 is 14.7 Å². The molecule has 2 N–H and O–H groups in total. The summed E-state index contributed by atoms with van der Waals surface area (Å²) >= 11 is 1.45. The summed E-state index contributed by atoms with van der Waals surface area (Å²) in [5, 5.41) is 14.0. The van der Waals surface area contributed by atoms with Gasteiger partial charge in [0.15, 0.2) is 0 Å². The van der Waals surface area contributed by atoms with Crippen LogP contribution in [0.5, 0.6) is 0 Å². The summed E-state index contributed by atoms with van der Waals surface area (Å²) in [5.74, 6) is -2.66. The van der Waals surface area contributed by atoms with Gasteiger partial charge in [0.25, 0.3) is 0 Å². The third-order valence-corrected chi connectivity index (χ3v) is 3.27. The van der Waals surface area contributed by atoms with Gasteiger partial charge in [0.05, 0.1) is 6.04 Å². The molecule has 2 unspecified atom stereocenters. The van der Waals surface area contributed by atoms with Crippen molar-refractivity contribution in [1.82, 2.24) is 10.3 Å². The zero-order valence-corrected chi connectivity index (χ0v) is 10.2. The Hall–Kier alpha value is -1.43. The number of nitrogens with one attached hydrogen (secondary N) is 1. The zero-order chi connectivity index (χ0) is 12.3. The average Bonchev–Trinajstić information content (AvgIpc) is 2.63. The molecule has 1 aromatic rings. The Morgan fingerprint density at radius 3 is 2.56 bits per heavy atom. The Morgan fingerprint density at radius 2 is 2.12 bits per heavy atom. The maximum Gasteiger partial charge on any atom is 0.315 e. The Bertz CT molecular complexity index is 403. The molecule has 1 amide bonds. The molecule has 0 aliphatic heterocycles. The van der Waals surface area contributed by atoms with Crippen molar-refractivity contribution in [2.24, 2.45) is 5.92 Å². The van der Waals surface area contributed by atoms with Crippen molar-refractivity contribution in [2.75, 3.05) is 0 Å². The fourth-order valence-corrected chi connectivity index (χ4v) is 1.89. The highest BCUT2D eigenvalue weighted by Gasteiger charge is 2.22. The van der Waals surface area contributed by atoms with Crippen LogP contribution < -0.4 is 5.32 Å². The summed E-state index contributed by atoms with van der Waals surface area (Å²) in [6.45, 7) is 5.01. The SMILES string of the molecule is Cc1csc(C(C)NC(=O)C(C)C(=O)O)n1. The van der Waals surface area contributed by atoms with Gasteiger partial charge in [-0.25, -0.2) is 4.98 Å². The number of hydrogen-bond donors (Lipinski definition) is 2. The van der Waals surface area contributed by atoms with Gasteiger partial charge in [-0.3, -0.25) is 9.59 Å². The van der Waals surface area contributed by atoms with E-state index in [0.29, 0.717) is 0 Å². The molecule has 2 atom stereocenters. The zero-order valence-electron chi connectivity index (χ0n) is 9.35. The summed E-state index contributed by atoms with van der Waals surface area (Å²) in [4.78, 5) is 26.3. The van der Waals surface area contributed by atoms with Gasteiger partial charge in [-0.2, -0.15) is 0 Å². The fraction of sp³-hybridized carbons (Fsp3) is 0.500. The third kappa shape index (κ3) is 3.03. The number of amides is 1. The smallest absolute Gasteiger partial charge is 0.315 e. The lowest BCUT2D eigenvalue weighted by Crippen LogP contribution is -2.35. The van der Waals surface area contributed by atoms with E-state index in [0.717, 1.165) is 10.7 Å². The van der Waals surface area contributed by atoms with Gasteiger partial charge in [0.2, 0.25) is 5.91 Å². The van der Waals surface area contributed by atoms with Crippen molar-refractivity contribution in [3.8, 4) is 0 Å². The molecule has 16 heavy (non-hydrogen) atoms. The predicted octanol–water partition coefficient (Wildman–Crippen LogP) is 1.35. The van der Waals surface area contributed by atoms with Gasteiger partial charge in [0.1, 0.15) is 10.9 Å². The molecule has 5 nitrogen and oxygen atoms in total. The lowest BCUT2D eigenvalue weighted by Gasteiger charge is -2.13. The van der Waals surface area contributed by atoms with E-state index < -0.39 is 17.8 Å². The fourth-order valence-electron chi connectivity index (χ4n) is 1.08. The molecule has 0 spiro atoms. The second-order valence-electron chi connectivity index (χ2n) is 3.62. The lowest BCUT2D eigenvalue weighted by atomic mass is 10.1. The number of carboxylic acid groups (broad SMARTS) is 1. The van der Waals surface area contributed by atoms with Gasteiger partial charge < -0.3 is 10.4 Å². The minimum atomic E-state index is -1.12. The Kier molecular flexibility index (Phi) is 4.00. The number of aromatic nitrogens is 1. The van der Waals surface area contributed by atoms with E-state index >= 15 is 0 Å². The molecule has 0 aliphatic carbocycles. The molecule has 0 aromatic carbocycles. The van der Waals surface area contributed by atoms with Crippen LogP contribution >= 0.6 is 11.3 Å². The van der Waals surface area contributed by atoms with Crippen molar-refractivity contribution in [3.63, 3.8) is 0 Å². The number of carbonyl (C=O) groups excluding carboxylic acids is 1. The molecule has 1 heterocycles. The molecule has 1 aromatic heterocycles. The number of hydrogen-bond acceptors (Lipinski definition) is 4.